The lowest BCUT2D eigenvalue weighted by Crippen LogP contribution is -2.46. The summed E-state index contributed by atoms with van der Waals surface area (Å²) in [5, 5.41) is 2.96. The number of ether oxygens (including phenoxy) is 1. The molecule has 1 saturated heterocycles. The van der Waals surface area contributed by atoms with E-state index < -0.39 is 0 Å². The fourth-order valence-corrected chi connectivity index (χ4v) is 3.36. The third-order valence-corrected chi connectivity index (χ3v) is 5.03. The highest BCUT2D eigenvalue weighted by Gasteiger charge is 2.19. The minimum Gasteiger partial charge on any atom is -0.497 e. The van der Waals surface area contributed by atoms with Crippen LogP contribution in [0.3, 0.4) is 0 Å². The van der Waals surface area contributed by atoms with E-state index in [1.165, 1.54) is 0 Å². The Morgan fingerprint density at radius 2 is 1.96 bits per heavy atom. The molecule has 1 N–H and O–H groups in total. The molecule has 0 unspecified atom stereocenters. The Kier molecular flexibility index (Phi) is 6.81. The number of methoxy groups -OCH3 is 1. The average Bonchev–Trinajstić information content (AvgIpc) is 2.73. The maximum Gasteiger partial charge on any atom is 0.270 e. The van der Waals surface area contributed by atoms with Gasteiger partial charge in [0.15, 0.2) is 0 Å². The molecule has 0 aliphatic carbocycles. The summed E-state index contributed by atoms with van der Waals surface area (Å²) in [6, 6.07) is 9.67. The Morgan fingerprint density at radius 3 is 2.68 bits per heavy atom. The van der Waals surface area contributed by atoms with Gasteiger partial charge in [-0.15, -0.1) is 0 Å². The number of likely N-dealkylation sites (N-methyl/N-ethyl adjacent to an activating group) is 1. The van der Waals surface area contributed by atoms with Crippen LogP contribution in [0, 0.1) is 6.92 Å². The molecule has 1 fully saturated rings. The Morgan fingerprint density at radius 1 is 1.18 bits per heavy atom. The molecule has 0 bridgehead atoms. The molecule has 0 spiro atoms. The molecule has 1 aromatic heterocycles. The molecule has 0 radical (unpaired) electrons. The number of hydrogen-bond acceptors (Lipinski definition) is 6. The van der Waals surface area contributed by atoms with Gasteiger partial charge in [0.1, 0.15) is 23.1 Å². The molecule has 7 heteroatoms. The number of nitrogens with one attached hydrogen (secondary N) is 1. The molecule has 2 heterocycles. The van der Waals surface area contributed by atoms with E-state index in [0.29, 0.717) is 18.1 Å². The largest absolute Gasteiger partial charge is 0.497 e. The van der Waals surface area contributed by atoms with E-state index in [0.717, 1.165) is 56.3 Å². The van der Waals surface area contributed by atoms with Gasteiger partial charge in [-0.2, -0.15) is 0 Å². The van der Waals surface area contributed by atoms with Crippen molar-refractivity contribution >= 4 is 11.7 Å². The van der Waals surface area contributed by atoms with Crippen LogP contribution in [0.1, 0.15) is 28.8 Å². The van der Waals surface area contributed by atoms with Gasteiger partial charge in [-0.25, -0.2) is 9.97 Å². The Labute approximate surface area is 166 Å². The Bertz CT molecular complexity index is 803. The second kappa shape index (κ2) is 9.50. The summed E-state index contributed by atoms with van der Waals surface area (Å²) in [7, 11) is 1.65. The lowest BCUT2D eigenvalue weighted by atomic mass is 10.1. The van der Waals surface area contributed by atoms with E-state index in [9.17, 15) is 4.79 Å². The van der Waals surface area contributed by atoms with Crippen molar-refractivity contribution in [1.82, 2.24) is 20.2 Å². The summed E-state index contributed by atoms with van der Waals surface area (Å²) in [5.41, 5.74) is 1.54. The van der Waals surface area contributed by atoms with Crippen molar-refractivity contribution in [3.8, 4) is 5.75 Å². The van der Waals surface area contributed by atoms with E-state index >= 15 is 0 Å². The zero-order chi connectivity index (χ0) is 19.9. The van der Waals surface area contributed by atoms with Crippen molar-refractivity contribution < 1.29 is 9.53 Å². The second-order valence-electron chi connectivity index (χ2n) is 6.94. The van der Waals surface area contributed by atoms with Crippen LogP contribution in [0.25, 0.3) is 0 Å². The monoisotopic (exact) mass is 383 g/mol. The minimum absolute atomic E-state index is 0.165. The van der Waals surface area contributed by atoms with E-state index in [1.807, 2.05) is 31.2 Å². The third kappa shape index (κ3) is 5.19. The van der Waals surface area contributed by atoms with Gasteiger partial charge in [-0.05, 0) is 37.6 Å². The van der Waals surface area contributed by atoms with Crippen molar-refractivity contribution in [3.63, 3.8) is 0 Å². The molecule has 3 rings (SSSR count). The van der Waals surface area contributed by atoms with Gasteiger partial charge in [-0.3, -0.25) is 4.79 Å². The molecule has 1 aliphatic heterocycles. The minimum atomic E-state index is -0.165. The van der Waals surface area contributed by atoms with E-state index in [2.05, 4.69) is 32.0 Å². The van der Waals surface area contributed by atoms with Gasteiger partial charge in [0.2, 0.25) is 0 Å². The van der Waals surface area contributed by atoms with Crippen LogP contribution < -0.4 is 15.0 Å². The first-order valence-electron chi connectivity index (χ1n) is 9.83. The van der Waals surface area contributed by atoms with Gasteiger partial charge in [-0.1, -0.05) is 19.1 Å². The number of anilines is 1. The number of carbonyl (C=O) groups excluding carboxylic acids is 1. The first-order valence-corrected chi connectivity index (χ1v) is 9.83. The van der Waals surface area contributed by atoms with Crippen LogP contribution in [0.2, 0.25) is 0 Å². The van der Waals surface area contributed by atoms with Gasteiger partial charge < -0.3 is 19.9 Å². The number of aromatic nitrogens is 2. The maximum atomic E-state index is 12.6. The fourth-order valence-electron chi connectivity index (χ4n) is 3.36. The molecule has 150 valence electrons. The smallest absolute Gasteiger partial charge is 0.270 e. The number of hydrogen-bond donors (Lipinski definition) is 1. The van der Waals surface area contributed by atoms with Crippen molar-refractivity contribution in [1.29, 1.82) is 0 Å². The molecule has 1 amide bonds. The van der Waals surface area contributed by atoms with Crippen LogP contribution in [0.5, 0.6) is 5.75 Å². The van der Waals surface area contributed by atoms with Crippen molar-refractivity contribution in [3.05, 3.63) is 47.4 Å². The van der Waals surface area contributed by atoms with Crippen molar-refractivity contribution in [2.24, 2.45) is 0 Å². The lowest BCUT2D eigenvalue weighted by molar-refractivity contribution is 0.0948. The summed E-state index contributed by atoms with van der Waals surface area (Å²) in [6.45, 7) is 9.49. The number of aryl methyl sites for hydroxylation is 1. The number of piperazine rings is 1. The summed E-state index contributed by atoms with van der Waals surface area (Å²) < 4.78 is 5.24. The van der Waals surface area contributed by atoms with Gasteiger partial charge in [0.25, 0.3) is 5.91 Å². The fraction of sp³-hybridized carbons (Fsp3) is 0.476. The normalized spacial score (nSPS) is 14.8. The molecular formula is C21H29N5O2. The van der Waals surface area contributed by atoms with Crippen LogP contribution in [0.15, 0.2) is 30.3 Å². The predicted octanol–water partition coefficient (Wildman–Crippen LogP) is 1.91. The van der Waals surface area contributed by atoms with Crippen molar-refractivity contribution in [2.75, 3.05) is 51.3 Å². The summed E-state index contributed by atoms with van der Waals surface area (Å²) in [5.74, 6) is 2.11. The van der Waals surface area contributed by atoms with Gasteiger partial charge in [0.05, 0.1) is 7.11 Å². The van der Waals surface area contributed by atoms with Gasteiger partial charge in [0, 0.05) is 38.8 Å². The molecule has 1 aromatic carbocycles. The topological polar surface area (TPSA) is 70.6 Å². The Hall–Kier alpha value is -2.67. The maximum absolute atomic E-state index is 12.6. The van der Waals surface area contributed by atoms with Gasteiger partial charge >= 0.3 is 0 Å². The standard InChI is InChI=1S/C21H29N5O2/c1-4-25-10-12-26(13-11-25)20-15-19(23-16(2)24-20)21(27)22-9-8-17-6-5-7-18(14-17)28-3/h5-7,14-15H,4,8-13H2,1-3H3,(H,22,27). The number of carbonyl (C=O) groups is 1. The summed E-state index contributed by atoms with van der Waals surface area (Å²) >= 11 is 0. The van der Waals surface area contributed by atoms with Crippen LogP contribution in [-0.4, -0.2) is 67.2 Å². The van der Waals surface area contributed by atoms with E-state index in [-0.39, 0.29) is 5.91 Å². The van der Waals surface area contributed by atoms with Crippen LogP contribution >= 0.6 is 0 Å². The first-order chi connectivity index (χ1) is 13.6. The number of amides is 1. The SMILES string of the molecule is CCN1CCN(c2cc(C(=O)NCCc3cccc(OC)c3)nc(C)n2)CC1. The zero-order valence-corrected chi connectivity index (χ0v) is 16.9. The highest BCUT2D eigenvalue weighted by atomic mass is 16.5. The Balaban J connectivity index is 1.59. The molecule has 28 heavy (non-hydrogen) atoms. The van der Waals surface area contributed by atoms with Crippen LogP contribution in [-0.2, 0) is 6.42 Å². The summed E-state index contributed by atoms with van der Waals surface area (Å²) in [4.78, 5) is 26.1. The molecule has 0 saturated carbocycles. The predicted molar refractivity (Wildman–Crippen MR) is 110 cm³/mol. The highest BCUT2D eigenvalue weighted by molar-refractivity contribution is 5.93. The zero-order valence-electron chi connectivity index (χ0n) is 16.9. The van der Waals surface area contributed by atoms with E-state index in [1.54, 1.807) is 13.2 Å². The molecule has 7 nitrogen and oxygen atoms in total. The second-order valence-corrected chi connectivity index (χ2v) is 6.94. The third-order valence-electron chi connectivity index (χ3n) is 5.03. The molecule has 2 aromatic rings. The highest BCUT2D eigenvalue weighted by Crippen LogP contribution is 2.16. The van der Waals surface area contributed by atoms with Crippen molar-refractivity contribution in [2.45, 2.75) is 20.3 Å². The number of rotatable bonds is 7. The summed E-state index contributed by atoms with van der Waals surface area (Å²) in [6.07, 6.45) is 0.735. The first kappa shape index (κ1) is 20.1. The molecular weight excluding hydrogens is 354 g/mol. The lowest BCUT2D eigenvalue weighted by Gasteiger charge is -2.34. The molecule has 1 aliphatic rings. The van der Waals surface area contributed by atoms with Crippen LogP contribution in [0.4, 0.5) is 5.82 Å². The molecule has 0 atom stereocenters. The quantitative estimate of drug-likeness (QED) is 0.788. The number of nitrogens with zero attached hydrogens (tertiary/aromatic N) is 4. The number of benzene rings is 1. The average molecular weight is 383 g/mol. The van der Waals surface area contributed by atoms with E-state index in [4.69, 9.17) is 4.74 Å².